The van der Waals surface area contributed by atoms with E-state index in [-0.39, 0.29) is 11.2 Å². The molecule has 3 amide bonds. The van der Waals surface area contributed by atoms with E-state index in [9.17, 15) is 9.59 Å². The summed E-state index contributed by atoms with van der Waals surface area (Å²) in [4.78, 5) is 21.9. The Bertz CT molecular complexity index is 252. The number of imide groups is 1. The minimum absolute atomic E-state index is 0.200. The summed E-state index contributed by atoms with van der Waals surface area (Å²) in [6.07, 6.45) is 6.52. The van der Waals surface area contributed by atoms with Gasteiger partial charge in [-0.3, -0.25) is 10.1 Å². The van der Waals surface area contributed by atoms with E-state index in [4.69, 9.17) is 5.73 Å². The summed E-state index contributed by atoms with van der Waals surface area (Å²) in [7, 11) is 0. The van der Waals surface area contributed by atoms with Crippen LogP contribution in [0.2, 0.25) is 0 Å². The lowest BCUT2D eigenvalue weighted by Gasteiger charge is -2.22. The number of thioether (sulfide) groups is 1. The summed E-state index contributed by atoms with van der Waals surface area (Å²) in [6, 6.07) is -0.768. The fourth-order valence-electron chi connectivity index (χ4n) is 1.93. The first kappa shape index (κ1) is 13.4. The van der Waals surface area contributed by atoms with Gasteiger partial charge < -0.3 is 5.73 Å². The predicted molar refractivity (Wildman–Crippen MR) is 66.2 cm³/mol. The Morgan fingerprint density at radius 3 is 2.56 bits per heavy atom. The van der Waals surface area contributed by atoms with Crippen molar-refractivity contribution >= 4 is 23.7 Å². The quantitative estimate of drug-likeness (QED) is 0.793. The molecule has 0 bridgehead atoms. The Labute approximate surface area is 101 Å². The highest BCUT2D eigenvalue weighted by Gasteiger charge is 2.19. The minimum atomic E-state index is -0.768. The van der Waals surface area contributed by atoms with Crippen LogP contribution in [0.5, 0.6) is 0 Å². The molecule has 0 radical (unpaired) electrons. The first-order chi connectivity index (χ1) is 7.59. The molecule has 1 atom stereocenters. The molecule has 0 aromatic carbocycles. The number of nitrogens with two attached hydrogens (primary N) is 1. The molecule has 0 saturated heterocycles. The highest BCUT2D eigenvalue weighted by atomic mass is 32.2. The van der Waals surface area contributed by atoms with Gasteiger partial charge in [0.05, 0.1) is 5.25 Å². The maximum absolute atomic E-state index is 11.4. The zero-order valence-corrected chi connectivity index (χ0v) is 10.5. The van der Waals surface area contributed by atoms with Gasteiger partial charge in [-0.2, -0.15) is 0 Å². The van der Waals surface area contributed by atoms with Crippen LogP contribution in [0.4, 0.5) is 4.79 Å². The lowest BCUT2D eigenvalue weighted by atomic mass is 9.91. The van der Waals surface area contributed by atoms with Crippen LogP contribution in [0, 0.1) is 5.92 Å². The van der Waals surface area contributed by atoms with Crippen molar-refractivity contribution in [3.8, 4) is 0 Å². The number of amides is 3. The zero-order valence-electron chi connectivity index (χ0n) is 9.70. The van der Waals surface area contributed by atoms with Crippen molar-refractivity contribution in [3.05, 3.63) is 0 Å². The molecule has 16 heavy (non-hydrogen) atoms. The van der Waals surface area contributed by atoms with Gasteiger partial charge in [0.2, 0.25) is 5.91 Å². The van der Waals surface area contributed by atoms with E-state index in [1.165, 1.54) is 32.1 Å². The van der Waals surface area contributed by atoms with Gasteiger partial charge in [-0.05, 0) is 31.4 Å². The standard InChI is InChI=1S/C11H20N2O2S/c1-8(10(14)13-11(12)15)16-7-9-5-3-2-4-6-9/h8-9H,2-7H2,1H3,(H3,12,13,14,15). The molecule has 0 spiro atoms. The molecule has 1 unspecified atom stereocenters. The van der Waals surface area contributed by atoms with E-state index >= 15 is 0 Å². The summed E-state index contributed by atoms with van der Waals surface area (Å²) in [6.45, 7) is 1.81. The van der Waals surface area contributed by atoms with Crippen LogP contribution in [-0.2, 0) is 4.79 Å². The van der Waals surface area contributed by atoms with Crippen molar-refractivity contribution < 1.29 is 9.59 Å². The molecule has 0 heterocycles. The SMILES string of the molecule is CC(SCC1CCCCC1)C(=O)NC(N)=O. The number of urea groups is 1. The number of primary amides is 1. The van der Waals surface area contributed by atoms with Crippen molar-refractivity contribution in [2.24, 2.45) is 11.7 Å². The van der Waals surface area contributed by atoms with E-state index < -0.39 is 6.03 Å². The van der Waals surface area contributed by atoms with Crippen LogP contribution in [0.3, 0.4) is 0 Å². The third-order valence-electron chi connectivity index (χ3n) is 2.92. The number of nitrogens with one attached hydrogen (secondary N) is 1. The Morgan fingerprint density at radius 1 is 1.38 bits per heavy atom. The van der Waals surface area contributed by atoms with Crippen LogP contribution in [0.15, 0.2) is 0 Å². The largest absolute Gasteiger partial charge is 0.351 e. The molecule has 1 rings (SSSR count). The molecule has 92 valence electrons. The topological polar surface area (TPSA) is 72.2 Å². The van der Waals surface area contributed by atoms with Gasteiger partial charge in [-0.1, -0.05) is 19.3 Å². The summed E-state index contributed by atoms with van der Waals surface area (Å²) < 4.78 is 0. The zero-order chi connectivity index (χ0) is 12.0. The fraction of sp³-hybridized carbons (Fsp3) is 0.818. The summed E-state index contributed by atoms with van der Waals surface area (Å²) in [5.41, 5.74) is 4.89. The molecule has 1 fully saturated rings. The number of carbonyl (C=O) groups is 2. The Kier molecular flexibility index (Phi) is 5.66. The van der Waals surface area contributed by atoms with E-state index in [1.54, 1.807) is 11.8 Å². The van der Waals surface area contributed by atoms with Gasteiger partial charge in [0.25, 0.3) is 0 Å². The average Bonchev–Trinajstić information content (AvgIpc) is 2.26. The molecule has 0 aliphatic heterocycles. The molecule has 0 aromatic heterocycles. The van der Waals surface area contributed by atoms with Gasteiger partial charge in [0, 0.05) is 0 Å². The Balaban J connectivity index is 2.20. The molecular weight excluding hydrogens is 224 g/mol. The molecule has 1 aliphatic carbocycles. The van der Waals surface area contributed by atoms with Gasteiger partial charge in [0.15, 0.2) is 0 Å². The Morgan fingerprint density at radius 2 is 2.00 bits per heavy atom. The van der Waals surface area contributed by atoms with E-state index in [2.05, 4.69) is 5.32 Å². The van der Waals surface area contributed by atoms with Gasteiger partial charge >= 0.3 is 6.03 Å². The smallest absolute Gasteiger partial charge is 0.318 e. The summed E-state index contributed by atoms with van der Waals surface area (Å²) in [5, 5.41) is 1.91. The second-order valence-electron chi connectivity index (χ2n) is 4.33. The maximum atomic E-state index is 11.4. The molecule has 1 saturated carbocycles. The van der Waals surface area contributed by atoms with Crippen molar-refractivity contribution in [3.63, 3.8) is 0 Å². The molecule has 3 N–H and O–H groups in total. The van der Waals surface area contributed by atoms with Crippen molar-refractivity contribution in [2.75, 3.05) is 5.75 Å². The van der Waals surface area contributed by atoms with Crippen LogP contribution < -0.4 is 11.1 Å². The number of hydrogen-bond donors (Lipinski definition) is 2. The number of rotatable bonds is 4. The van der Waals surface area contributed by atoms with Crippen LogP contribution >= 0.6 is 11.8 Å². The van der Waals surface area contributed by atoms with Crippen molar-refractivity contribution in [1.29, 1.82) is 0 Å². The lowest BCUT2D eigenvalue weighted by molar-refractivity contribution is -0.119. The predicted octanol–water partition coefficient (Wildman–Crippen LogP) is 1.88. The average molecular weight is 244 g/mol. The van der Waals surface area contributed by atoms with Crippen molar-refractivity contribution in [1.82, 2.24) is 5.32 Å². The maximum Gasteiger partial charge on any atom is 0.318 e. The van der Waals surface area contributed by atoms with Gasteiger partial charge in [0.1, 0.15) is 0 Å². The van der Waals surface area contributed by atoms with Crippen LogP contribution in [0.1, 0.15) is 39.0 Å². The van der Waals surface area contributed by atoms with Gasteiger partial charge in [-0.25, -0.2) is 4.79 Å². The number of hydrogen-bond acceptors (Lipinski definition) is 3. The minimum Gasteiger partial charge on any atom is -0.351 e. The Hall–Kier alpha value is -0.710. The lowest BCUT2D eigenvalue weighted by Crippen LogP contribution is -2.39. The third-order valence-corrected chi connectivity index (χ3v) is 4.30. The van der Waals surface area contributed by atoms with Crippen LogP contribution in [-0.4, -0.2) is 22.9 Å². The van der Waals surface area contributed by atoms with Crippen LogP contribution in [0.25, 0.3) is 0 Å². The molecule has 5 heteroatoms. The second kappa shape index (κ2) is 6.78. The summed E-state index contributed by atoms with van der Waals surface area (Å²) >= 11 is 1.61. The van der Waals surface area contributed by atoms with E-state index in [0.29, 0.717) is 0 Å². The molecule has 0 aromatic rings. The van der Waals surface area contributed by atoms with Crippen molar-refractivity contribution in [2.45, 2.75) is 44.3 Å². The first-order valence-electron chi connectivity index (χ1n) is 5.81. The third kappa shape index (κ3) is 4.88. The van der Waals surface area contributed by atoms with E-state index in [1.807, 2.05) is 6.92 Å². The number of carbonyl (C=O) groups excluding carboxylic acids is 2. The second-order valence-corrected chi connectivity index (χ2v) is 5.71. The highest BCUT2D eigenvalue weighted by molar-refractivity contribution is 8.00. The van der Waals surface area contributed by atoms with E-state index in [0.717, 1.165) is 11.7 Å². The molecular formula is C11H20N2O2S. The molecule has 1 aliphatic rings. The molecule has 4 nitrogen and oxygen atoms in total. The van der Waals surface area contributed by atoms with Gasteiger partial charge in [-0.15, -0.1) is 11.8 Å². The highest BCUT2D eigenvalue weighted by Crippen LogP contribution is 2.28. The monoisotopic (exact) mass is 244 g/mol. The first-order valence-corrected chi connectivity index (χ1v) is 6.86. The summed E-state index contributed by atoms with van der Waals surface area (Å²) in [5.74, 6) is 1.46. The normalized spacial score (nSPS) is 19.1. The fourth-order valence-corrected chi connectivity index (χ4v) is 3.04.